The first-order chi connectivity index (χ1) is 11.7. The summed E-state index contributed by atoms with van der Waals surface area (Å²) in [7, 11) is 1.42. The number of aromatic nitrogens is 4. The number of aliphatic hydroxyl groups excluding tert-OH is 2. The summed E-state index contributed by atoms with van der Waals surface area (Å²) in [5.41, 5.74) is 1.16. The topological polar surface area (TPSA) is 115 Å². The van der Waals surface area contributed by atoms with Crippen LogP contribution in [0, 0.1) is 0 Å². The fourth-order valence-corrected chi connectivity index (χ4v) is 3.46. The number of anilines is 1. The van der Waals surface area contributed by atoms with Gasteiger partial charge in [-0.05, 0) is 12.8 Å². The van der Waals surface area contributed by atoms with Gasteiger partial charge in [-0.2, -0.15) is 0 Å². The minimum atomic E-state index is -1.13. The number of nitrogens with one attached hydrogen (secondary N) is 1. The van der Waals surface area contributed by atoms with Crippen LogP contribution < -0.4 is 5.32 Å². The first-order valence-corrected chi connectivity index (χ1v) is 8.17. The molecule has 0 spiro atoms. The molecule has 1 saturated carbocycles. The summed E-state index contributed by atoms with van der Waals surface area (Å²) in [5.74, 6) is 0.682. The maximum atomic E-state index is 10.2. The molecule has 0 radical (unpaired) electrons. The monoisotopic (exact) mass is 335 g/mol. The summed E-state index contributed by atoms with van der Waals surface area (Å²) in [5, 5.41) is 23.6. The van der Waals surface area contributed by atoms with Crippen molar-refractivity contribution in [3.63, 3.8) is 0 Å². The van der Waals surface area contributed by atoms with Crippen LogP contribution in [0.3, 0.4) is 0 Å². The Kier molecular flexibility index (Phi) is 4.09. The minimum Gasteiger partial charge on any atom is -0.385 e. The maximum absolute atomic E-state index is 10.2. The Bertz CT molecular complexity index is 717. The third-order valence-corrected chi connectivity index (χ3v) is 4.76. The first kappa shape index (κ1) is 15.7. The molecule has 2 aromatic heterocycles. The van der Waals surface area contributed by atoms with Crippen molar-refractivity contribution in [2.75, 3.05) is 12.4 Å². The van der Waals surface area contributed by atoms with E-state index in [2.05, 4.69) is 20.3 Å². The molecule has 130 valence electrons. The van der Waals surface area contributed by atoms with Gasteiger partial charge in [0, 0.05) is 13.2 Å². The maximum Gasteiger partial charge on any atom is 0.188 e. The van der Waals surface area contributed by atoms with E-state index < -0.39 is 24.7 Å². The molecular formula is C15H21N5O4. The van der Waals surface area contributed by atoms with E-state index in [1.54, 1.807) is 4.57 Å². The normalized spacial score (nSPS) is 31.1. The predicted molar refractivity (Wildman–Crippen MR) is 84.1 cm³/mol. The molecule has 3 N–H and O–H groups in total. The number of hydrogen-bond acceptors (Lipinski definition) is 8. The zero-order chi connectivity index (χ0) is 16.7. The Morgan fingerprint density at radius 1 is 1.21 bits per heavy atom. The summed E-state index contributed by atoms with van der Waals surface area (Å²) >= 11 is 0. The number of nitrogens with zero attached hydrogens (tertiary/aromatic N) is 4. The molecule has 0 aromatic carbocycles. The van der Waals surface area contributed by atoms with Gasteiger partial charge < -0.3 is 25.0 Å². The van der Waals surface area contributed by atoms with Crippen molar-refractivity contribution in [2.24, 2.45) is 0 Å². The van der Waals surface area contributed by atoms with Crippen LogP contribution >= 0.6 is 0 Å². The summed E-state index contributed by atoms with van der Waals surface area (Å²) < 4.78 is 12.2. The Morgan fingerprint density at radius 3 is 2.71 bits per heavy atom. The lowest BCUT2D eigenvalue weighted by molar-refractivity contribution is -0.160. The summed E-state index contributed by atoms with van der Waals surface area (Å²) in [4.78, 5) is 12.9. The summed E-state index contributed by atoms with van der Waals surface area (Å²) in [6.45, 7) is 0. The molecule has 0 bridgehead atoms. The van der Waals surface area contributed by atoms with Gasteiger partial charge in [-0.3, -0.25) is 4.57 Å². The Balaban J connectivity index is 1.65. The molecule has 9 heteroatoms. The van der Waals surface area contributed by atoms with Crippen molar-refractivity contribution in [3.05, 3.63) is 12.7 Å². The number of fused-ring (bicyclic) bond motifs is 1. The van der Waals surface area contributed by atoms with Crippen molar-refractivity contribution in [2.45, 2.75) is 56.5 Å². The molecule has 2 aliphatic rings. The zero-order valence-electron chi connectivity index (χ0n) is 13.4. The van der Waals surface area contributed by atoms with Crippen LogP contribution in [0.5, 0.6) is 0 Å². The van der Waals surface area contributed by atoms with E-state index in [1.807, 2.05) is 0 Å². The molecule has 0 amide bonds. The molecular weight excluding hydrogens is 314 g/mol. The first-order valence-electron chi connectivity index (χ1n) is 8.17. The van der Waals surface area contributed by atoms with Crippen LogP contribution in [0.4, 0.5) is 5.82 Å². The molecule has 4 atom stereocenters. The Hall–Kier alpha value is -1.81. The number of methoxy groups -OCH3 is 1. The van der Waals surface area contributed by atoms with Crippen molar-refractivity contribution in [1.82, 2.24) is 19.5 Å². The molecule has 2 aromatic rings. The van der Waals surface area contributed by atoms with Crippen LogP contribution in [0.1, 0.15) is 31.9 Å². The quantitative estimate of drug-likeness (QED) is 0.736. The Labute approximate surface area is 138 Å². The van der Waals surface area contributed by atoms with Gasteiger partial charge in [0.25, 0.3) is 0 Å². The minimum absolute atomic E-state index is 0.404. The van der Waals surface area contributed by atoms with Crippen molar-refractivity contribution < 1.29 is 19.7 Å². The van der Waals surface area contributed by atoms with Crippen LogP contribution in [0.2, 0.25) is 0 Å². The molecule has 1 saturated heterocycles. The largest absolute Gasteiger partial charge is 0.385 e. The third kappa shape index (κ3) is 2.53. The molecule has 9 nitrogen and oxygen atoms in total. The van der Waals surface area contributed by atoms with Gasteiger partial charge in [0.2, 0.25) is 0 Å². The van der Waals surface area contributed by atoms with Gasteiger partial charge in [0.05, 0.1) is 6.33 Å². The lowest BCUT2D eigenvalue weighted by atomic mass is 10.2. The average molecular weight is 335 g/mol. The van der Waals surface area contributed by atoms with Crippen LogP contribution in [0.25, 0.3) is 11.2 Å². The van der Waals surface area contributed by atoms with Crippen LogP contribution in [-0.2, 0) is 9.47 Å². The predicted octanol–water partition coefficient (Wildman–Crippen LogP) is 0.404. The second-order valence-corrected chi connectivity index (χ2v) is 6.28. The number of ether oxygens (including phenoxy) is 2. The van der Waals surface area contributed by atoms with E-state index in [1.165, 1.54) is 32.6 Å². The highest BCUT2D eigenvalue weighted by atomic mass is 16.7. The molecule has 2 unspecified atom stereocenters. The zero-order valence-corrected chi connectivity index (χ0v) is 13.4. The van der Waals surface area contributed by atoms with E-state index in [0.717, 1.165) is 12.8 Å². The molecule has 1 aliphatic carbocycles. The van der Waals surface area contributed by atoms with Gasteiger partial charge in [-0.1, -0.05) is 12.8 Å². The second kappa shape index (κ2) is 6.25. The summed E-state index contributed by atoms with van der Waals surface area (Å²) in [6, 6.07) is 0.404. The molecule has 3 heterocycles. The smallest absolute Gasteiger partial charge is 0.188 e. The van der Waals surface area contributed by atoms with E-state index in [9.17, 15) is 10.2 Å². The van der Waals surface area contributed by atoms with E-state index in [0.29, 0.717) is 23.0 Å². The van der Waals surface area contributed by atoms with Crippen molar-refractivity contribution in [1.29, 1.82) is 0 Å². The van der Waals surface area contributed by atoms with E-state index in [-0.39, 0.29) is 0 Å². The van der Waals surface area contributed by atoms with Gasteiger partial charge >= 0.3 is 0 Å². The van der Waals surface area contributed by atoms with Gasteiger partial charge in [-0.15, -0.1) is 0 Å². The van der Waals surface area contributed by atoms with Crippen molar-refractivity contribution in [3.8, 4) is 0 Å². The highest BCUT2D eigenvalue weighted by Gasteiger charge is 2.44. The molecule has 1 aliphatic heterocycles. The van der Waals surface area contributed by atoms with E-state index in [4.69, 9.17) is 9.47 Å². The number of imidazole rings is 1. The molecule has 2 fully saturated rings. The summed E-state index contributed by atoms with van der Waals surface area (Å²) in [6.07, 6.45) is 3.73. The van der Waals surface area contributed by atoms with Gasteiger partial charge in [-0.25, -0.2) is 15.0 Å². The molecule has 24 heavy (non-hydrogen) atoms. The van der Waals surface area contributed by atoms with E-state index >= 15 is 0 Å². The Morgan fingerprint density at radius 2 is 2.00 bits per heavy atom. The highest BCUT2D eigenvalue weighted by molar-refractivity contribution is 5.82. The van der Waals surface area contributed by atoms with Crippen LogP contribution in [-0.4, -0.2) is 61.4 Å². The van der Waals surface area contributed by atoms with Gasteiger partial charge in [0.1, 0.15) is 18.5 Å². The fraction of sp³-hybridized carbons (Fsp3) is 0.667. The fourth-order valence-electron chi connectivity index (χ4n) is 3.46. The standard InChI is InChI=1S/C15H21N5O4/c1-23-15-11(22)10(21)14(24-15)20-7-18-9-12(16-6-17-13(9)20)19-8-4-2-3-5-8/h6-8,10-11,14-15,21-22H,2-5H2,1H3,(H,16,17,19)/t10?,11?,14-,15+/m1/s1. The average Bonchev–Trinajstić information content (AvgIpc) is 3.30. The lowest BCUT2D eigenvalue weighted by Gasteiger charge is -2.16. The van der Waals surface area contributed by atoms with Crippen molar-refractivity contribution >= 4 is 17.0 Å². The van der Waals surface area contributed by atoms with Crippen LogP contribution in [0.15, 0.2) is 12.7 Å². The number of hydrogen-bond donors (Lipinski definition) is 3. The highest BCUT2D eigenvalue weighted by Crippen LogP contribution is 2.33. The van der Waals surface area contributed by atoms with Gasteiger partial charge in [0.15, 0.2) is 29.5 Å². The SMILES string of the molecule is CO[C@H]1O[C@@H](n2cnc3c(NC4CCCC4)ncnc32)C(O)C1O. The molecule has 4 rings (SSSR count). The second-order valence-electron chi connectivity index (χ2n) is 6.28. The third-order valence-electron chi connectivity index (χ3n) is 4.76. The lowest BCUT2D eigenvalue weighted by Crippen LogP contribution is -2.32. The number of rotatable bonds is 4. The number of aliphatic hydroxyl groups is 2.